The summed E-state index contributed by atoms with van der Waals surface area (Å²) in [5.41, 5.74) is 1.23. The molecule has 0 aliphatic carbocycles. The van der Waals surface area contributed by atoms with Crippen LogP contribution in [0.5, 0.6) is 5.75 Å². The van der Waals surface area contributed by atoms with Crippen LogP contribution in [0.25, 0.3) is 0 Å². The highest BCUT2D eigenvalue weighted by Crippen LogP contribution is 2.49. The summed E-state index contributed by atoms with van der Waals surface area (Å²) in [4.78, 5) is 32.8. The van der Waals surface area contributed by atoms with Crippen molar-refractivity contribution in [2.75, 3.05) is 23.5 Å². The Hall–Kier alpha value is -2.69. The Labute approximate surface area is 186 Å². The van der Waals surface area contributed by atoms with E-state index in [4.69, 9.17) is 9.22 Å². The molecule has 2 aliphatic heterocycles. The molecule has 172 valence electrons. The lowest BCUT2D eigenvalue weighted by atomic mass is 9.81. The van der Waals surface area contributed by atoms with Crippen molar-refractivity contribution in [3.05, 3.63) is 53.6 Å². The average molecular weight is 467 g/mol. The van der Waals surface area contributed by atoms with E-state index < -0.39 is 22.5 Å². The van der Waals surface area contributed by atoms with Crippen LogP contribution in [-0.4, -0.2) is 37.0 Å². The first-order valence-corrected chi connectivity index (χ1v) is 12.2. The number of anilines is 2. The van der Waals surface area contributed by atoms with Crippen LogP contribution in [0.1, 0.15) is 36.2 Å². The number of fused-ring (bicyclic) bond motifs is 1. The highest BCUT2D eigenvalue weighted by Gasteiger charge is 2.47. The lowest BCUT2D eigenvalue weighted by Crippen LogP contribution is -2.35. The average Bonchev–Trinajstić information content (AvgIpc) is 3.27. The van der Waals surface area contributed by atoms with E-state index in [1.54, 1.807) is 36.6 Å². The number of ether oxygens (including phenoxy) is 1. The molecule has 2 heterocycles. The van der Waals surface area contributed by atoms with E-state index in [9.17, 15) is 18.4 Å². The zero-order valence-corrected chi connectivity index (χ0v) is 18.7. The Morgan fingerprint density at radius 1 is 1.31 bits per heavy atom. The zero-order chi connectivity index (χ0) is 23.1. The highest BCUT2D eigenvalue weighted by molar-refractivity contribution is 8.28. The van der Waals surface area contributed by atoms with Crippen molar-refractivity contribution in [2.24, 2.45) is 0 Å². The molecule has 10 heteroatoms. The number of hydrogen-bond donors (Lipinski definition) is 1. The topological polar surface area (TPSA) is 77.1 Å². The van der Waals surface area contributed by atoms with Gasteiger partial charge in [0.05, 0.1) is 23.4 Å². The molecule has 0 aromatic heterocycles. The van der Waals surface area contributed by atoms with Gasteiger partial charge in [0.1, 0.15) is 5.75 Å². The molecular formula is C22H24F2N2O5S. The van der Waals surface area contributed by atoms with Gasteiger partial charge in [-0.3, -0.25) is 19.2 Å². The minimum absolute atomic E-state index is 0.0389. The summed E-state index contributed by atoms with van der Waals surface area (Å²) in [5.74, 6) is 0.0434. The number of hydrogen-bond acceptors (Lipinski definition) is 5. The van der Waals surface area contributed by atoms with E-state index in [0.717, 1.165) is 0 Å². The molecule has 2 aromatic rings. The van der Waals surface area contributed by atoms with Crippen LogP contribution in [0.4, 0.5) is 20.2 Å². The lowest BCUT2D eigenvalue weighted by molar-refractivity contribution is -0.173. The number of benzene rings is 2. The van der Waals surface area contributed by atoms with Crippen LogP contribution >= 0.6 is 10.5 Å². The third-order valence-electron chi connectivity index (χ3n) is 5.84. The molecule has 32 heavy (non-hydrogen) atoms. The van der Waals surface area contributed by atoms with E-state index in [-0.39, 0.29) is 17.6 Å². The summed E-state index contributed by atoms with van der Waals surface area (Å²) in [6.07, 6.45) is 2.30. The Morgan fingerprint density at radius 3 is 2.75 bits per heavy atom. The van der Waals surface area contributed by atoms with Crippen molar-refractivity contribution < 1.29 is 32.3 Å². The summed E-state index contributed by atoms with van der Waals surface area (Å²) in [7, 11) is -1.85. The number of carbonyl (C=O) groups is 2. The molecule has 2 atom stereocenters. The maximum atomic E-state index is 13.5. The second kappa shape index (κ2) is 8.34. The molecule has 0 bridgehead atoms. The summed E-state index contributed by atoms with van der Waals surface area (Å²) >= 11 is 0. The second-order valence-electron chi connectivity index (χ2n) is 7.96. The van der Waals surface area contributed by atoms with Crippen molar-refractivity contribution >= 4 is 33.7 Å². The van der Waals surface area contributed by atoms with Crippen molar-refractivity contribution in [3.8, 4) is 5.75 Å². The SMILES string of the molecule is CC[C@]1(C)C(=O)N(c2cccc(OC(F)F)c2)c2ccc(C(=O)NS3(C)CCOO3)cc21. The molecular weight excluding hydrogens is 442 g/mol. The van der Waals surface area contributed by atoms with Gasteiger partial charge in [0.2, 0.25) is 5.91 Å². The number of nitrogens with one attached hydrogen (secondary N) is 1. The Balaban J connectivity index is 1.71. The van der Waals surface area contributed by atoms with Crippen molar-refractivity contribution in [3.63, 3.8) is 0 Å². The summed E-state index contributed by atoms with van der Waals surface area (Å²) in [6, 6.07) is 11.1. The van der Waals surface area contributed by atoms with Crippen LogP contribution in [-0.2, 0) is 19.4 Å². The molecule has 0 spiro atoms. The molecule has 4 rings (SSSR count). The normalized spacial score (nSPS) is 26.7. The number of rotatable bonds is 6. The fraction of sp³-hybridized carbons (Fsp3) is 0.364. The third-order valence-corrected chi connectivity index (χ3v) is 7.80. The third kappa shape index (κ3) is 3.94. The first-order valence-electron chi connectivity index (χ1n) is 10.1. The maximum Gasteiger partial charge on any atom is 0.387 e. The molecule has 7 nitrogen and oxygen atoms in total. The van der Waals surface area contributed by atoms with Gasteiger partial charge < -0.3 is 4.74 Å². The highest BCUT2D eigenvalue weighted by atomic mass is 32.3. The minimum atomic E-state index is -2.97. The lowest BCUT2D eigenvalue weighted by Gasteiger charge is -2.27. The molecule has 2 aliphatic rings. The smallest absolute Gasteiger partial charge is 0.387 e. The molecule has 1 saturated heterocycles. The van der Waals surface area contributed by atoms with Gasteiger partial charge in [0.15, 0.2) is 0 Å². The van der Waals surface area contributed by atoms with Gasteiger partial charge in [-0.2, -0.15) is 13.1 Å². The fourth-order valence-electron chi connectivity index (χ4n) is 3.87. The first kappa shape index (κ1) is 22.5. The number of amides is 2. The summed E-state index contributed by atoms with van der Waals surface area (Å²) in [6.45, 7) is 1.16. The van der Waals surface area contributed by atoms with E-state index in [0.29, 0.717) is 41.3 Å². The Kier molecular flexibility index (Phi) is 5.87. The molecule has 2 aromatic carbocycles. The number of carbonyl (C=O) groups excluding carboxylic acids is 2. The largest absolute Gasteiger partial charge is 0.435 e. The Bertz CT molecular complexity index is 1060. The second-order valence-corrected chi connectivity index (χ2v) is 10.7. The van der Waals surface area contributed by atoms with E-state index in [1.807, 2.05) is 13.8 Å². The van der Waals surface area contributed by atoms with Crippen LogP contribution in [0.3, 0.4) is 0 Å². The number of halogens is 2. The standard InChI is InChI=1S/C22H24F2N2O5S/c1-4-22(2)17-12-14(19(27)25-32(3)11-10-29-31-32)8-9-18(17)26(20(22)28)15-6-5-7-16(13-15)30-21(23)24/h5-9,12-13,21H,4,10-11H2,1-3H3,(H,25,27)/t22-/m0/s1. The monoisotopic (exact) mass is 466 g/mol. The van der Waals surface area contributed by atoms with Gasteiger partial charge >= 0.3 is 6.61 Å². The van der Waals surface area contributed by atoms with Crippen molar-refractivity contribution in [2.45, 2.75) is 32.3 Å². The van der Waals surface area contributed by atoms with Gasteiger partial charge in [-0.25, -0.2) is 4.89 Å². The fourth-order valence-corrected chi connectivity index (χ4v) is 5.25. The first-order chi connectivity index (χ1) is 15.2. The van der Waals surface area contributed by atoms with Crippen molar-refractivity contribution in [1.82, 2.24) is 4.72 Å². The van der Waals surface area contributed by atoms with Crippen molar-refractivity contribution in [1.29, 1.82) is 0 Å². The molecule has 0 radical (unpaired) electrons. The summed E-state index contributed by atoms with van der Waals surface area (Å²) in [5, 5.41) is 0. The molecule has 1 N–H and O–H groups in total. The maximum absolute atomic E-state index is 13.5. The summed E-state index contributed by atoms with van der Waals surface area (Å²) < 4.78 is 38.0. The molecule has 2 amide bonds. The predicted octanol–water partition coefficient (Wildman–Crippen LogP) is 4.59. The quantitative estimate of drug-likeness (QED) is 0.630. The van der Waals surface area contributed by atoms with Crippen LogP contribution in [0.2, 0.25) is 0 Å². The van der Waals surface area contributed by atoms with Crippen LogP contribution in [0.15, 0.2) is 42.5 Å². The van der Waals surface area contributed by atoms with Crippen LogP contribution < -0.4 is 14.4 Å². The van der Waals surface area contributed by atoms with Gasteiger partial charge in [-0.05, 0) is 59.7 Å². The predicted molar refractivity (Wildman–Crippen MR) is 117 cm³/mol. The number of nitrogens with zero attached hydrogens (tertiary/aromatic N) is 1. The van der Waals surface area contributed by atoms with Crippen LogP contribution in [0, 0.1) is 0 Å². The zero-order valence-electron chi connectivity index (χ0n) is 17.9. The van der Waals surface area contributed by atoms with Gasteiger partial charge in [-0.1, -0.05) is 13.0 Å². The van der Waals surface area contributed by atoms with E-state index in [1.165, 1.54) is 17.0 Å². The Morgan fingerprint density at radius 2 is 2.09 bits per heavy atom. The van der Waals surface area contributed by atoms with Gasteiger partial charge in [0.25, 0.3) is 5.91 Å². The minimum Gasteiger partial charge on any atom is -0.435 e. The molecule has 1 fully saturated rings. The number of alkyl halides is 2. The molecule has 1 unspecified atom stereocenters. The van der Waals surface area contributed by atoms with E-state index >= 15 is 0 Å². The van der Waals surface area contributed by atoms with Gasteiger partial charge in [0, 0.05) is 23.6 Å². The van der Waals surface area contributed by atoms with Gasteiger partial charge in [-0.15, -0.1) is 0 Å². The van der Waals surface area contributed by atoms with E-state index in [2.05, 4.69) is 9.46 Å². The molecule has 0 saturated carbocycles.